The third-order valence-electron chi connectivity index (χ3n) is 4.20. The molecule has 0 radical (unpaired) electrons. The molecule has 0 amide bonds. The summed E-state index contributed by atoms with van der Waals surface area (Å²) in [4.78, 5) is 13.2. The van der Waals surface area contributed by atoms with E-state index >= 15 is 0 Å². The van der Waals surface area contributed by atoms with Gasteiger partial charge in [-0.15, -0.1) is 0 Å². The Bertz CT molecular complexity index is 482. The van der Waals surface area contributed by atoms with Crippen LogP contribution in [-0.2, 0) is 0 Å². The average molecular weight is 277 g/mol. The summed E-state index contributed by atoms with van der Waals surface area (Å²) in [6.07, 6.45) is 2.29. The Hall–Kier alpha value is -1.62. The molecule has 0 saturated carbocycles. The number of hydrogen-bond donors (Lipinski definition) is 1. The number of anilines is 1. The van der Waals surface area contributed by atoms with Crippen molar-refractivity contribution in [3.63, 3.8) is 0 Å². The zero-order chi connectivity index (χ0) is 14.7. The Kier molecular flexibility index (Phi) is 4.60. The predicted octanol–water partition coefficient (Wildman–Crippen LogP) is 3.05. The number of hydrogen-bond acceptors (Lipinski definition) is 4. The van der Waals surface area contributed by atoms with Crippen molar-refractivity contribution in [3.8, 4) is 0 Å². The van der Waals surface area contributed by atoms with E-state index in [0.717, 1.165) is 31.5 Å². The lowest BCUT2D eigenvalue weighted by Gasteiger charge is -2.33. The molecule has 1 aromatic rings. The number of likely N-dealkylation sites (tertiary alicyclic amines) is 1. The summed E-state index contributed by atoms with van der Waals surface area (Å²) >= 11 is 0. The van der Waals surface area contributed by atoms with Gasteiger partial charge in [0.15, 0.2) is 0 Å². The van der Waals surface area contributed by atoms with E-state index in [4.69, 9.17) is 0 Å². The number of nitro benzene ring substituents is 1. The topological polar surface area (TPSA) is 58.4 Å². The van der Waals surface area contributed by atoms with Crippen molar-refractivity contribution in [2.45, 2.75) is 32.7 Å². The first-order chi connectivity index (χ1) is 9.47. The van der Waals surface area contributed by atoms with Gasteiger partial charge in [0.05, 0.1) is 4.92 Å². The van der Waals surface area contributed by atoms with Crippen molar-refractivity contribution in [2.24, 2.45) is 5.92 Å². The molecule has 5 heteroatoms. The van der Waals surface area contributed by atoms with Crippen molar-refractivity contribution in [2.75, 3.05) is 25.5 Å². The van der Waals surface area contributed by atoms with Crippen LogP contribution in [0.1, 0.15) is 25.3 Å². The Morgan fingerprint density at radius 1 is 1.40 bits per heavy atom. The molecule has 20 heavy (non-hydrogen) atoms. The third-order valence-corrected chi connectivity index (χ3v) is 4.20. The fourth-order valence-corrected chi connectivity index (χ4v) is 2.81. The molecule has 5 nitrogen and oxygen atoms in total. The van der Waals surface area contributed by atoms with Crippen molar-refractivity contribution in [1.82, 2.24) is 4.90 Å². The van der Waals surface area contributed by atoms with Crippen molar-refractivity contribution < 1.29 is 4.92 Å². The number of piperidine rings is 1. The normalized spacial score (nSPS) is 18.8. The van der Waals surface area contributed by atoms with Crippen LogP contribution in [-0.4, -0.2) is 36.0 Å². The monoisotopic (exact) mass is 277 g/mol. The molecule has 1 saturated heterocycles. The maximum absolute atomic E-state index is 11.1. The number of benzene rings is 1. The van der Waals surface area contributed by atoms with Crippen LogP contribution in [0.5, 0.6) is 0 Å². The number of nitrogens with one attached hydrogen (secondary N) is 1. The van der Waals surface area contributed by atoms with E-state index in [0.29, 0.717) is 11.6 Å². The van der Waals surface area contributed by atoms with Crippen molar-refractivity contribution in [3.05, 3.63) is 33.9 Å². The molecule has 1 aliphatic rings. The van der Waals surface area contributed by atoms with Gasteiger partial charge in [0.2, 0.25) is 0 Å². The van der Waals surface area contributed by atoms with Crippen LogP contribution in [0, 0.1) is 23.0 Å². The van der Waals surface area contributed by atoms with E-state index in [2.05, 4.69) is 24.2 Å². The van der Waals surface area contributed by atoms with Crippen LogP contribution in [0.25, 0.3) is 0 Å². The van der Waals surface area contributed by atoms with Crippen LogP contribution < -0.4 is 5.32 Å². The quantitative estimate of drug-likeness (QED) is 0.679. The summed E-state index contributed by atoms with van der Waals surface area (Å²) < 4.78 is 0. The minimum atomic E-state index is -0.309. The van der Waals surface area contributed by atoms with Gasteiger partial charge in [-0.2, -0.15) is 0 Å². The van der Waals surface area contributed by atoms with Crippen LogP contribution >= 0.6 is 0 Å². The molecule has 1 heterocycles. The smallest absolute Gasteiger partial charge is 0.292 e. The van der Waals surface area contributed by atoms with E-state index in [1.807, 2.05) is 19.1 Å². The molecule has 1 atom stereocenters. The maximum atomic E-state index is 11.1. The van der Waals surface area contributed by atoms with Gasteiger partial charge in [-0.1, -0.05) is 6.07 Å². The van der Waals surface area contributed by atoms with Gasteiger partial charge in [0.25, 0.3) is 5.69 Å². The molecule has 0 spiro atoms. The standard InChI is InChI=1S/C15H23N3O2/c1-11-4-5-14(15(10-11)18(19)20)16-12(2)13-6-8-17(3)9-7-13/h4-5,10,12-13,16H,6-9H2,1-3H3. The van der Waals surface area contributed by atoms with Crippen LogP contribution in [0.4, 0.5) is 11.4 Å². The first-order valence-corrected chi connectivity index (χ1v) is 7.17. The van der Waals surface area contributed by atoms with Crippen LogP contribution in [0.3, 0.4) is 0 Å². The molecule has 1 aliphatic heterocycles. The van der Waals surface area contributed by atoms with Gasteiger partial charge < -0.3 is 10.2 Å². The number of nitro groups is 1. The summed E-state index contributed by atoms with van der Waals surface area (Å²) in [6, 6.07) is 5.62. The summed E-state index contributed by atoms with van der Waals surface area (Å²) in [5.74, 6) is 0.576. The molecule has 2 rings (SSSR count). The lowest BCUT2D eigenvalue weighted by atomic mass is 9.90. The molecule has 1 aromatic carbocycles. The molecule has 0 aromatic heterocycles. The largest absolute Gasteiger partial charge is 0.377 e. The summed E-state index contributed by atoms with van der Waals surface area (Å²) in [5, 5.41) is 14.5. The highest BCUT2D eigenvalue weighted by Crippen LogP contribution is 2.29. The molecule has 1 fully saturated rings. The second kappa shape index (κ2) is 6.22. The lowest BCUT2D eigenvalue weighted by Crippen LogP contribution is -2.37. The minimum Gasteiger partial charge on any atom is -0.377 e. The zero-order valence-electron chi connectivity index (χ0n) is 12.4. The van der Waals surface area contributed by atoms with Crippen LogP contribution in [0.2, 0.25) is 0 Å². The van der Waals surface area contributed by atoms with E-state index in [1.165, 1.54) is 0 Å². The number of rotatable bonds is 4. The van der Waals surface area contributed by atoms with Crippen molar-refractivity contribution in [1.29, 1.82) is 0 Å². The second-order valence-corrected chi connectivity index (χ2v) is 5.85. The Balaban J connectivity index is 2.07. The average Bonchev–Trinajstić information content (AvgIpc) is 2.41. The van der Waals surface area contributed by atoms with Gasteiger partial charge in [-0.05, 0) is 64.4 Å². The molecular weight excluding hydrogens is 254 g/mol. The molecule has 0 bridgehead atoms. The fraction of sp³-hybridized carbons (Fsp3) is 0.600. The molecule has 1 N–H and O–H groups in total. The molecule has 0 aliphatic carbocycles. The molecular formula is C15H23N3O2. The highest BCUT2D eigenvalue weighted by molar-refractivity contribution is 5.62. The predicted molar refractivity (Wildman–Crippen MR) is 81.1 cm³/mol. The molecule has 1 unspecified atom stereocenters. The molecule has 110 valence electrons. The Morgan fingerprint density at radius 2 is 2.05 bits per heavy atom. The highest BCUT2D eigenvalue weighted by Gasteiger charge is 2.24. The van der Waals surface area contributed by atoms with Gasteiger partial charge in [-0.25, -0.2) is 0 Å². The van der Waals surface area contributed by atoms with Gasteiger partial charge in [0.1, 0.15) is 5.69 Å². The number of nitrogens with zero attached hydrogens (tertiary/aromatic N) is 2. The number of aryl methyl sites for hydroxylation is 1. The van der Waals surface area contributed by atoms with Crippen LogP contribution in [0.15, 0.2) is 18.2 Å². The van der Waals surface area contributed by atoms with E-state index in [9.17, 15) is 10.1 Å². The first-order valence-electron chi connectivity index (χ1n) is 7.17. The lowest BCUT2D eigenvalue weighted by molar-refractivity contribution is -0.384. The minimum absolute atomic E-state index is 0.171. The highest BCUT2D eigenvalue weighted by atomic mass is 16.6. The fourth-order valence-electron chi connectivity index (χ4n) is 2.81. The third kappa shape index (κ3) is 3.48. The van der Waals surface area contributed by atoms with Gasteiger partial charge >= 0.3 is 0 Å². The maximum Gasteiger partial charge on any atom is 0.292 e. The summed E-state index contributed by atoms with van der Waals surface area (Å²) in [5.41, 5.74) is 1.71. The second-order valence-electron chi connectivity index (χ2n) is 5.85. The van der Waals surface area contributed by atoms with Crippen molar-refractivity contribution >= 4 is 11.4 Å². The Labute approximate surface area is 120 Å². The van der Waals surface area contributed by atoms with E-state index in [1.54, 1.807) is 6.07 Å². The summed E-state index contributed by atoms with van der Waals surface area (Å²) in [7, 11) is 2.14. The first kappa shape index (κ1) is 14.8. The van der Waals surface area contributed by atoms with E-state index < -0.39 is 0 Å². The van der Waals surface area contributed by atoms with Gasteiger partial charge in [0, 0.05) is 12.1 Å². The van der Waals surface area contributed by atoms with Gasteiger partial charge in [-0.3, -0.25) is 10.1 Å². The zero-order valence-corrected chi connectivity index (χ0v) is 12.4. The Morgan fingerprint density at radius 3 is 2.65 bits per heavy atom. The summed E-state index contributed by atoms with van der Waals surface area (Å²) in [6.45, 7) is 6.20. The van der Waals surface area contributed by atoms with E-state index in [-0.39, 0.29) is 16.7 Å². The SMILES string of the molecule is Cc1ccc(NC(C)C2CCN(C)CC2)c([N+](=O)[O-])c1.